The van der Waals surface area contributed by atoms with Crippen molar-refractivity contribution in [1.82, 2.24) is 14.8 Å². The summed E-state index contributed by atoms with van der Waals surface area (Å²) in [5, 5.41) is 8.32. The number of rotatable bonds is 4. The second-order valence-corrected chi connectivity index (χ2v) is 6.86. The van der Waals surface area contributed by atoms with Crippen LogP contribution in [0.3, 0.4) is 0 Å². The maximum atomic E-state index is 13.3. The fourth-order valence-electron chi connectivity index (χ4n) is 3.56. The number of para-hydroxylation sites is 1. The molecule has 0 unspecified atom stereocenters. The number of benzene rings is 1. The van der Waals surface area contributed by atoms with Crippen molar-refractivity contribution in [2.24, 2.45) is 7.05 Å². The highest BCUT2D eigenvalue weighted by molar-refractivity contribution is 6.13. The number of hydrogen-bond donors (Lipinski definition) is 1. The zero-order valence-corrected chi connectivity index (χ0v) is 16.4. The summed E-state index contributed by atoms with van der Waals surface area (Å²) >= 11 is 0. The summed E-state index contributed by atoms with van der Waals surface area (Å²) in [5.41, 5.74) is 5.55. The Bertz CT molecular complexity index is 1170. The summed E-state index contributed by atoms with van der Waals surface area (Å²) in [5.74, 6) is 0.431. The van der Waals surface area contributed by atoms with Gasteiger partial charge in [-0.1, -0.05) is 25.1 Å². The van der Waals surface area contributed by atoms with Gasteiger partial charge in [-0.25, -0.2) is 4.98 Å². The second kappa shape index (κ2) is 6.96. The Balaban J connectivity index is 1.87. The molecular weight excluding hydrogens is 352 g/mol. The molecule has 1 aromatic carbocycles. The average Bonchev–Trinajstić information content (AvgIpc) is 3.31. The van der Waals surface area contributed by atoms with E-state index in [0.717, 1.165) is 34.3 Å². The molecule has 0 fully saturated rings. The number of carbonyl (C=O) groups is 1. The highest BCUT2D eigenvalue weighted by atomic mass is 16.3. The molecule has 3 heterocycles. The Morgan fingerprint density at radius 3 is 2.75 bits per heavy atom. The molecule has 0 aliphatic rings. The lowest BCUT2D eigenvalue weighted by atomic mass is 10.0. The fraction of sp³-hybridized carbons (Fsp3) is 0.227. The van der Waals surface area contributed by atoms with Gasteiger partial charge in [0.05, 0.1) is 22.9 Å². The zero-order chi connectivity index (χ0) is 19.8. The van der Waals surface area contributed by atoms with Gasteiger partial charge in [0.25, 0.3) is 5.91 Å². The lowest BCUT2D eigenvalue weighted by Gasteiger charge is -2.14. The van der Waals surface area contributed by atoms with Crippen LogP contribution in [0.1, 0.15) is 34.1 Å². The van der Waals surface area contributed by atoms with E-state index in [1.807, 2.05) is 45.2 Å². The molecule has 0 aliphatic carbocycles. The second-order valence-electron chi connectivity index (χ2n) is 6.86. The first-order valence-corrected chi connectivity index (χ1v) is 9.27. The minimum absolute atomic E-state index is 0.180. The molecule has 1 N–H and O–H groups in total. The molecule has 142 valence electrons. The quantitative estimate of drug-likeness (QED) is 0.564. The number of aryl methyl sites for hydroxylation is 4. The van der Waals surface area contributed by atoms with Crippen molar-refractivity contribution in [3.05, 3.63) is 65.0 Å². The Morgan fingerprint density at radius 1 is 1.21 bits per heavy atom. The molecule has 0 radical (unpaired) electrons. The molecule has 4 rings (SSSR count). The maximum Gasteiger partial charge on any atom is 0.256 e. The van der Waals surface area contributed by atoms with E-state index >= 15 is 0 Å². The smallest absolute Gasteiger partial charge is 0.256 e. The summed E-state index contributed by atoms with van der Waals surface area (Å²) in [7, 11) is 1.83. The Morgan fingerprint density at radius 2 is 2.04 bits per heavy atom. The number of aromatic nitrogens is 3. The van der Waals surface area contributed by atoms with Crippen LogP contribution in [0, 0.1) is 13.8 Å². The van der Waals surface area contributed by atoms with Gasteiger partial charge >= 0.3 is 0 Å². The van der Waals surface area contributed by atoms with Crippen LogP contribution in [0.4, 0.5) is 5.69 Å². The van der Waals surface area contributed by atoms with Gasteiger partial charge in [-0.2, -0.15) is 5.10 Å². The van der Waals surface area contributed by atoms with Gasteiger partial charge < -0.3 is 9.73 Å². The van der Waals surface area contributed by atoms with Crippen molar-refractivity contribution in [2.45, 2.75) is 27.2 Å². The molecule has 6 nitrogen and oxygen atoms in total. The van der Waals surface area contributed by atoms with Crippen molar-refractivity contribution < 1.29 is 9.21 Å². The number of hydrogen-bond acceptors (Lipinski definition) is 4. The highest BCUT2D eigenvalue weighted by Crippen LogP contribution is 2.29. The van der Waals surface area contributed by atoms with E-state index < -0.39 is 0 Å². The van der Waals surface area contributed by atoms with Gasteiger partial charge in [-0.3, -0.25) is 9.48 Å². The third-order valence-electron chi connectivity index (χ3n) is 4.97. The topological polar surface area (TPSA) is 73.0 Å². The molecule has 0 saturated heterocycles. The number of pyridine rings is 1. The van der Waals surface area contributed by atoms with E-state index in [2.05, 4.69) is 22.3 Å². The van der Waals surface area contributed by atoms with Crippen LogP contribution in [-0.4, -0.2) is 20.7 Å². The first-order valence-electron chi connectivity index (χ1n) is 9.27. The van der Waals surface area contributed by atoms with Gasteiger partial charge in [0.2, 0.25) is 0 Å². The van der Waals surface area contributed by atoms with Gasteiger partial charge in [0.1, 0.15) is 5.69 Å². The molecule has 0 bridgehead atoms. The number of nitrogens with zero attached hydrogens (tertiary/aromatic N) is 3. The summed E-state index contributed by atoms with van der Waals surface area (Å²) in [6.07, 6.45) is 2.43. The average molecular weight is 374 g/mol. The number of fused-ring (bicyclic) bond motifs is 1. The standard InChI is InChI=1S/C22H22N4O2/c1-5-15-9-6-8-13(2)20(15)24-22(27)16-12-17(18-10-7-11-28-18)23-21-19(16)14(3)25-26(21)4/h6-12H,5H2,1-4H3,(H,24,27). The van der Waals surface area contributed by atoms with Crippen LogP contribution < -0.4 is 5.32 Å². The summed E-state index contributed by atoms with van der Waals surface area (Å²) in [4.78, 5) is 18.0. The van der Waals surface area contributed by atoms with Gasteiger partial charge in [-0.05, 0) is 49.6 Å². The third kappa shape index (κ3) is 2.97. The van der Waals surface area contributed by atoms with Crippen molar-refractivity contribution >= 4 is 22.6 Å². The van der Waals surface area contributed by atoms with E-state index in [1.165, 1.54) is 0 Å². The largest absolute Gasteiger partial charge is 0.463 e. The molecular formula is C22H22N4O2. The predicted molar refractivity (Wildman–Crippen MR) is 109 cm³/mol. The minimum Gasteiger partial charge on any atom is -0.463 e. The van der Waals surface area contributed by atoms with E-state index in [-0.39, 0.29) is 5.91 Å². The lowest BCUT2D eigenvalue weighted by Crippen LogP contribution is -2.15. The lowest BCUT2D eigenvalue weighted by molar-refractivity contribution is 0.102. The number of amides is 1. The number of carbonyl (C=O) groups excluding carboxylic acids is 1. The van der Waals surface area contributed by atoms with Crippen molar-refractivity contribution in [3.63, 3.8) is 0 Å². The molecule has 1 amide bonds. The third-order valence-corrected chi connectivity index (χ3v) is 4.97. The molecule has 6 heteroatoms. The summed E-state index contributed by atoms with van der Waals surface area (Å²) in [6.45, 7) is 5.97. The minimum atomic E-state index is -0.180. The van der Waals surface area contributed by atoms with Crippen LogP contribution in [-0.2, 0) is 13.5 Å². The maximum absolute atomic E-state index is 13.3. The zero-order valence-electron chi connectivity index (χ0n) is 16.4. The molecule has 0 aliphatic heterocycles. The molecule has 0 spiro atoms. The van der Waals surface area contributed by atoms with Crippen molar-refractivity contribution in [1.29, 1.82) is 0 Å². The van der Waals surface area contributed by atoms with Gasteiger partial charge in [0, 0.05) is 12.7 Å². The summed E-state index contributed by atoms with van der Waals surface area (Å²) < 4.78 is 7.19. The Hall–Kier alpha value is -3.41. The summed E-state index contributed by atoms with van der Waals surface area (Å²) in [6, 6.07) is 11.4. The number of furan rings is 1. The van der Waals surface area contributed by atoms with Crippen LogP contribution in [0.5, 0.6) is 0 Å². The molecule has 0 saturated carbocycles. The Labute approximate surface area is 163 Å². The number of anilines is 1. The SMILES string of the molecule is CCc1cccc(C)c1NC(=O)c1cc(-c2ccco2)nc2c1c(C)nn2C. The monoisotopic (exact) mass is 374 g/mol. The molecule has 3 aromatic heterocycles. The van der Waals surface area contributed by atoms with Crippen LogP contribution in [0.25, 0.3) is 22.5 Å². The first-order chi connectivity index (χ1) is 13.5. The van der Waals surface area contributed by atoms with Crippen molar-refractivity contribution in [3.8, 4) is 11.5 Å². The van der Waals surface area contributed by atoms with Crippen LogP contribution >= 0.6 is 0 Å². The Kier molecular flexibility index (Phi) is 4.47. The van der Waals surface area contributed by atoms with Gasteiger partial charge in [0.15, 0.2) is 11.4 Å². The molecule has 0 atom stereocenters. The molecule has 28 heavy (non-hydrogen) atoms. The van der Waals surface area contributed by atoms with Gasteiger partial charge in [-0.15, -0.1) is 0 Å². The number of nitrogens with one attached hydrogen (secondary N) is 1. The van der Waals surface area contributed by atoms with E-state index in [9.17, 15) is 4.79 Å². The highest BCUT2D eigenvalue weighted by Gasteiger charge is 2.21. The van der Waals surface area contributed by atoms with Crippen molar-refractivity contribution in [2.75, 3.05) is 5.32 Å². The normalized spacial score (nSPS) is 11.1. The van der Waals surface area contributed by atoms with Crippen LogP contribution in [0.15, 0.2) is 47.1 Å². The van der Waals surface area contributed by atoms with Crippen LogP contribution in [0.2, 0.25) is 0 Å². The van der Waals surface area contributed by atoms with E-state index in [1.54, 1.807) is 23.1 Å². The fourth-order valence-corrected chi connectivity index (χ4v) is 3.56. The van der Waals surface area contributed by atoms with E-state index in [0.29, 0.717) is 22.7 Å². The molecule has 4 aromatic rings. The van der Waals surface area contributed by atoms with E-state index in [4.69, 9.17) is 4.42 Å². The predicted octanol–water partition coefficient (Wildman–Crippen LogP) is 4.66. The first kappa shape index (κ1) is 18.0.